The number of nitrogens with zero attached hydrogens (tertiary/aromatic N) is 4. The van der Waals surface area contributed by atoms with Crippen LogP contribution in [0.3, 0.4) is 0 Å². The maximum absolute atomic E-state index is 6.07. The molecule has 2 heterocycles. The molecule has 1 aromatic heterocycles. The Morgan fingerprint density at radius 3 is 2.54 bits per heavy atom. The zero-order valence-electron chi connectivity index (χ0n) is 14.2. The summed E-state index contributed by atoms with van der Waals surface area (Å²) in [6, 6.07) is 9.74. The van der Waals surface area contributed by atoms with Crippen LogP contribution in [0.15, 0.2) is 36.9 Å². The predicted molar refractivity (Wildman–Crippen MR) is 97.0 cm³/mol. The van der Waals surface area contributed by atoms with E-state index in [9.17, 15) is 0 Å². The molecule has 2 aromatic rings. The molecule has 1 saturated heterocycles. The minimum atomic E-state index is 0.599. The summed E-state index contributed by atoms with van der Waals surface area (Å²) in [5, 5.41) is 0. The second-order valence-corrected chi connectivity index (χ2v) is 5.82. The fourth-order valence-corrected chi connectivity index (χ4v) is 2.93. The molecule has 0 aliphatic carbocycles. The Morgan fingerprint density at radius 2 is 1.88 bits per heavy atom. The Hall–Kier alpha value is -2.76. The first-order valence-corrected chi connectivity index (χ1v) is 8.02. The molecular formula is C18H23N5O. The van der Waals surface area contributed by atoms with E-state index < -0.39 is 0 Å². The van der Waals surface area contributed by atoms with Crippen LogP contribution in [0.25, 0.3) is 5.70 Å². The van der Waals surface area contributed by atoms with Gasteiger partial charge in [-0.3, -0.25) is 0 Å². The second kappa shape index (κ2) is 6.78. The van der Waals surface area contributed by atoms with E-state index in [2.05, 4.69) is 26.3 Å². The van der Waals surface area contributed by atoms with Crippen molar-refractivity contribution in [2.75, 3.05) is 43.9 Å². The molecule has 24 heavy (non-hydrogen) atoms. The Bertz CT molecular complexity index is 738. The molecule has 6 heteroatoms. The lowest BCUT2D eigenvalue weighted by molar-refractivity contribution is 0.365. The van der Waals surface area contributed by atoms with Crippen molar-refractivity contribution >= 4 is 17.2 Å². The normalized spacial score (nSPS) is 14.6. The highest BCUT2D eigenvalue weighted by atomic mass is 16.5. The summed E-state index contributed by atoms with van der Waals surface area (Å²) in [5.74, 6) is 2.22. The maximum Gasteiger partial charge on any atom is 0.218 e. The fourth-order valence-electron chi connectivity index (χ4n) is 2.93. The Morgan fingerprint density at radius 1 is 1.17 bits per heavy atom. The van der Waals surface area contributed by atoms with Crippen molar-refractivity contribution in [3.8, 4) is 5.88 Å². The predicted octanol–water partition coefficient (Wildman–Crippen LogP) is 2.17. The molecule has 0 bridgehead atoms. The highest BCUT2D eigenvalue weighted by Crippen LogP contribution is 2.25. The summed E-state index contributed by atoms with van der Waals surface area (Å²) >= 11 is 0. The first-order chi connectivity index (χ1) is 11.6. The highest BCUT2D eigenvalue weighted by molar-refractivity contribution is 5.72. The lowest BCUT2D eigenvalue weighted by atomic mass is 10.1. The number of benzene rings is 1. The standard InChI is InChI=1S/C18H23N5O/c1-13(15-6-4-5-7-16(15)19)22-8-10-23(11-9-22)17-12-18(24-3)21-14(2)20-17/h4-7,12H,1,8-11,19H2,2-3H3. The SMILES string of the molecule is C=C(c1ccccc1N)N1CCN(c2cc(OC)nc(C)n2)CC1. The van der Waals surface area contributed by atoms with Gasteiger partial charge in [0.15, 0.2) is 0 Å². The number of ether oxygens (including phenoxy) is 1. The number of para-hydroxylation sites is 1. The van der Waals surface area contributed by atoms with Gasteiger partial charge in [0.25, 0.3) is 0 Å². The van der Waals surface area contributed by atoms with Crippen molar-refractivity contribution in [1.82, 2.24) is 14.9 Å². The van der Waals surface area contributed by atoms with E-state index in [1.165, 1.54) is 0 Å². The summed E-state index contributed by atoms with van der Waals surface area (Å²) in [5.41, 5.74) is 8.81. The van der Waals surface area contributed by atoms with Gasteiger partial charge in [-0.05, 0) is 13.0 Å². The largest absolute Gasteiger partial charge is 0.481 e. The molecular weight excluding hydrogens is 302 g/mol. The van der Waals surface area contributed by atoms with E-state index in [-0.39, 0.29) is 0 Å². The molecule has 1 aliphatic heterocycles. The molecule has 1 aliphatic rings. The minimum absolute atomic E-state index is 0.599. The molecule has 2 N–H and O–H groups in total. The third-order valence-corrected chi connectivity index (χ3v) is 4.27. The Labute approximate surface area is 142 Å². The third-order valence-electron chi connectivity index (χ3n) is 4.27. The zero-order chi connectivity index (χ0) is 17.1. The summed E-state index contributed by atoms with van der Waals surface area (Å²) in [6.07, 6.45) is 0. The van der Waals surface area contributed by atoms with Crippen LogP contribution in [0.4, 0.5) is 11.5 Å². The molecule has 126 valence electrons. The van der Waals surface area contributed by atoms with Gasteiger partial charge in [0.2, 0.25) is 5.88 Å². The number of methoxy groups -OCH3 is 1. The molecule has 0 amide bonds. The number of hydrogen-bond donors (Lipinski definition) is 1. The molecule has 6 nitrogen and oxygen atoms in total. The monoisotopic (exact) mass is 325 g/mol. The van der Waals surface area contributed by atoms with E-state index in [1.807, 2.05) is 37.3 Å². The zero-order valence-corrected chi connectivity index (χ0v) is 14.2. The van der Waals surface area contributed by atoms with Gasteiger partial charge < -0.3 is 20.3 Å². The van der Waals surface area contributed by atoms with Crippen LogP contribution in [0, 0.1) is 6.92 Å². The van der Waals surface area contributed by atoms with Gasteiger partial charge in [-0.1, -0.05) is 24.8 Å². The van der Waals surface area contributed by atoms with Crippen molar-refractivity contribution in [2.24, 2.45) is 0 Å². The number of aromatic nitrogens is 2. The van der Waals surface area contributed by atoms with Crippen LogP contribution in [-0.2, 0) is 0 Å². The van der Waals surface area contributed by atoms with Gasteiger partial charge in [0.1, 0.15) is 11.6 Å². The smallest absolute Gasteiger partial charge is 0.218 e. The lowest BCUT2D eigenvalue weighted by Crippen LogP contribution is -2.45. The van der Waals surface area contributed by atoms with Gasteiger partial charge in [-0.2, -0.15) is 4.98 Å². The molecule has 1 aromatic carbocycles. The summed E-state index contributed by atoms with van der Waals surface area (Å²) < 4.78 is 5.24. The van der Waals surface area contributed by atoms with Crippen LogP contribution < -0.4 is 15.4 Å². The quantitative estimate of drug-likeness (QED) is 0.869. The van der Waals surface area contributed by atoms with Crippen LogP contribution >= 0.6 is 0 Å². The van der Waals surface area contributed by atoms with E-state index in [0.29, 0.717) is 11.7 Å². The minimum Gasteiger partial charge on any atom is -0.481 e. The molecule has 3 rings (SSSR count). The molecule has 0 atom stereocenters. The summed E-state index contributed by atoms with van der Waals surface area (Å²) in [7, 11) is 1.62. The average molecular weight is 325 g/mol. The van der Waals surface area contributed by atoms with Crippen LogP contribution in [0.5, 0.6) is 5.88 Å². The van der Waals surface area contributed by atoms with Crippen molar-refractivity contribution < 1.29 is 4.74 Å². The summed E-state index contributed by atoms with van der Waals surface area (Å²) in [6.45, 7) is 9.59. The molecule has 0 spiro atoms. The topological polar surface area (TPSA) is 67.5 Å². The maximum atomic E-state index is 6.07. The van der Waals surface area contributed by atoms with Crippen molar-refractivity contribution in [3.05, 3.63) is 48.3 Å². The van der Waals surface area contributed by atoms with Gasteiger partial charge in [0, 0.05) is 49.2 Å². The van der Waals surface area contributed by atoms with Crippen LogP contribution in [0.2, 0.25) is 0 Å². The number of nitrogen functional groups attached to an aromatic ring is 1. The fraction of sp³-hybridized carbons (Fsp3) is 0.333. The Balaban J connectivity index is 1.69. The molecule has 0 unspecified atom stereocenters. The van der Waals surface area contributed by atoms with Crippen molar-refractivity contribution in [3.63, 3.8) is 0 Å². The first-order valence-electron chi connectivity index (χ1n) is 8.02. The number of hydrogen-bond acceptors (Lipinski definition) is 6. The van der Waals surface area contributed by atoms with Crippen LogP contribution in [-0.4, -0.2) is 48.2 Å². The number of nitrogens with two attached hydrogens (primary N) is 1. The van der Waals surface area contributed by atoms with Gasteiger partial charge >= 0.3 is 0 Å². The number of rotatable bonds is 4. The number of aryl methyl sites for hydroxylation is 1. The van der Waals surface area contributed by atoms with Gasteiger partial charge in [-0.25, -0.2) is 4.98 Å². The highest BCUT2D eigenvalue weighted by Gasteiger charge is 2.21. The lowest BCUT2D eigenvalue weighted by Gasteiger charge is -2.38. The van der Waals surface area contributed by atoms with E-state index in [0.717, 1.165) is 48.9 Å². The molecule has 1 fully saturated rings. The van der Waals surface area contributed by atoms with E-state index in [4.69, 9.17) is 10.5 Å². The van der Waals surface area contributed by atoms with Crippen molar-refractivity contribution in [2.45, 2.75) is 6.92 Å². The second-order valence-electron chi connectivity index (χ2n) is 5.82. The van der Waals surface area contributed by atoms with Crippen molar-refractivity contribution in [1.29, 1.82) is 0 Å². The Kier molecular flexibility index (Phi) is 4.55. The van der Waals surface area contributed by atoms with Gasteiger partial charge in [0.05, 0.1) is 7.11 Å². The third kappa shape index (κ3) is 3.27. The first kappa shape index (κ1) is 16.1. The van der Waals surface area contributed by atoms with E-state index >= 15 is 0 Å². The van der Waals surface area contributed by atoms with E-state index in [1.54, 1.807) is 7.11 Å². The molecule has 0 saturated carbocycles. The molecule has 0 radical (unpaired) electrons. The number of piperazine rings is 1. The van der Waals surface area contributed by atoms with Gasteiger partial charge in [-0.15, -0.1) is 0 Å². The van der Waals surface area contributed by atoms with Crippen LogP contribution in [0.1, 0.15) is 11.4 Å². The number of anilines is 2. The summed E-state index contributed by atoms with van der Waals surface area (Å²) in [4.78, 5) is 13.3. The average Bonchev–Trinajstić information content (AvgIpc) is 2.61.